The first kappa shape index (κ1) is 17.6. The number of rotatable bonds is 7. The maximum absolute atomic E-state index is 11.9. The molecule has 1 rings (SSSR count). The number of nitrogens with two attached hydrogens (primary N) is 1. The summed E-state index contributed by atoms with van der Waals surface area (Å²) in [7, 11) is 0. The molecule has 0 aliphatic heterocycles. The molecule has 0 atom stereocenters. The zero-order valence-corrected chi connectivity index (χ0v) is 13.0. The second kappa shape index (κ2) is 9.50. The van der Waals surface area contributed by atoms with Gasteiger partial charge in [-0.3, -0.25) is 0 Å². The van der Waals surface area contributed by atoms with Gasteiger partial charge in [0.2, 0.25) is 11.5 Å². The standard InChI is InChI=1S/C11H17N5O5S/c1-3-5-6-19-11(18)15-21-9(17)7(14-20-4-2)8-13-10(12)22-16-8/h3-6H2,1-2H3,(H,15,18)(H2,12,13,16). The fourth-order valence-electron chi connectivity index (χ4n) is 1.10. The summed E-state index contributed by atoms with van der Waals surface area (Å²) in [5.74, 6) is -1.05. The monoisotopic (exact) mass is 331 g/mol. The summed E-state index contributed by atoms with van der Waals surface area (Å²) in [6.07, 6.45) is 0.693. The van der Waals surface area contributed by atoms with Crippen LogP contribution in [0.4, 0.5) is 9.93 Å². The number of oxime groups is 1. The average Bonchev–Trinajstić information content (AvgIpc) is 2.92. The van der Waals surface area contributed by atoms with Crippen LogP contribution in [0.5, 0.6) is 0 Å². The van der Waals surface area contributed by atoms with Crippen LogP contribution in [0.25, 0.3) is 0 Å². The molecule has 0 unspecified atom stereocenters. The van der Waals surface area contributed by atoms with Gasteiger partial charge in [0.15, 0.2) is 5.13 Å². The van der Waals surface area contributed by atoms with E-state index in [1.807, 2.05) is 12.4 Å². The predicted molar refractivity (Wildman–Crippen MR) is 78.0 cm³/mol. The Morgan fingerprint density at radius 1 is 1.41 bits per heavy atom. The Bertz CT molecular complexity index is 533. The number of nitrogens with one attached hydrogen (secondary N) is 1. The molecule has 11 heteroatoms. The second-order valence-corrected chi connectivity index (χ2v) is 4.58. The van der Waals surface area contributed by atoms with Gasteiger partial charge in [-0.2, -0.15) is 9.36 Å². The van der Waals surface area contributed by atoms with Crippen molar-refractivity contribution in [1.82, 2.24) is 14.8 Å². The number of aromatic nitrogens is 2. The SMILES string of the molecule is CCCCOC(=O)NOC(=O)C(=NOCC)c1nsc(N)n1. The number of nitrogens with zero attached hydrogens (tertiary/aromatic N) is 3. The number of nitrogen functional groups attached to an aromatic ring is 1. The van der Waals surface area contributed by atoms with Crippen LogP contribution in [-0.2, 0) is 19.2 Å². The summed E-state index contributed by atoms with van der Waals surface area (Å²) < 4.78 is 8.58. The quantitative estimate of drug-likeness (QED) is 0.426. The van der Waals surface area contributed by atoms with E-state index in [2.05, 4.69) is 19.4 Å². The molecule has 22 heavy (non-hydrogen) atoms. The third-order valence-corrected chi connectivity index (χ3v) is 2.63. The van der Waals surface area contributed by atoms with E-state index in [0.717, 1.165) is 18.0 Å². The number of hydrogen-bond donors (Lipinski definition) is 2. The van der Waals surface area contributed by atoms with Gasteiger partial charge in [-0.1, -0.05) is 18.5 Å². The lowest BCUT2D eigenvalue weighted by Crippen LogP contribution is -2.32. The molecule has 1 heterocycles. The normalized spacial score (nSPS) is 10.9. The number of carbonyl (C=O) groups excluding carboxylic acids is 2. The fraction of sp³-hybridized carbons (Fsp3) is 0.545. The van der Waals surface area contributed by atoms with E-state index in [1.54, 1.807) is 6.92 Å². The smallest absolute Gasteiger partial charge is 0.440 e. The minimum atomic E-state index is -1.00. The molecule has 0 bridgehead atoms. The van der Waals surface area contributed by atoms with Gasteiger partial charge in [0.25, 0.3) is 0 Å². The summed E-state index contributed by atoms with van der Waals surface area (Å²) in [5.41, 5.74) is 6.97. The largest absolute Gasteiger partial charge is 0.447 e. The molecular weight excluding hydrogens is 314 g/mol. The molecule has 1 aromatic heterocycles. The van der Waals surface area contributed by atoms with E-state index in [0.29, 0.717) is 6.42 Å². The Morgan fingerprint density at radius 3 is 2.77 bits per heavy atom. The fourth-order valence-corrected chi connectivity index (χ4v) is 1.54. The summed E-state index contributed by atoms with van der Waals surface area (Å²) in [5, 5.41) is 3.71. The molecule has 0 radical (unpaired) electrons. The van der Waals surface area contributed by atoms with Gasteiger partial charge in [-0.15, -0.1) is 5.48 Å². The number of hydroxylamine groups is 1. The van der Waals surface area contributed by atoms with Gasteiger partial charge >= 0.3 is 12.1 Å². The van der Waals surface area contributed by atoms with Crippen molar-refractivity contribution in [3.05, 3.63) is 5.82 Å². The number of unbranched alkanes of at least 4 members (excludes halogenated alkanes) is 1. The molecule has 0 fully saturated rings. The van der Waals surface area contributed by atoms with Gasteiger partial charge in [-0.25, -0.2) is 9.59 Å². The second-order valence-electron chi connectivity index (χ2n) is 3.79. The Kier molecular flexibility index (Phi) is 7.61. The summed E-state index contributed by atoms with van der Waals surface area (Å²) >= 11 is 0.882. The molecule has 0 aliphatic carbocycles. The van der Waals surface area contributed by atoms with E-state index in [1.165, 1.54) is 0 Å². The van der Waals surface area contributed by atoms with E-state index in [-0.39, 0.29) is 29.9 Å². The van der Waals surface area contributed by atoms with Crippen molar-refractivity contribution in [2.75, 3.05) is 18.9 Å². The molecule has 0 saturated carbocycles. The Morgan fingerprint density at radius 2 is 2.18 bits per heavy atom. The highest BCUT2D eigenvalue weighted by Crippen LogP contribution is 2.08. The maximum atomic E-state index is 11.9. The Labute approximate surface area is 130 Å². The lowest BCUT2D eigenvalue weighted by atomic mass is 10.4. The first-order valence-electron chi connectivity index (χ1n) is 6.51. The van der Waals surface area contributed by atoms with E-state index < -0.39 is 12.1 Å². The molecule has 1 amide bonds. The van der Waals surface area contributed by atoms with Crippen molar-refractivity contribution in [1.29, 1.82) is 0 Å². The van der Waals surface area contributed by atoms with Crippen LogP contribution in [0.1, 0.15) is 32.5 Å². The van der Waals surface area contributed by atoms with Crippen LogP contribution < -0.4 is 11.2 Å². The maximum Gasteiger partial charge on any atom is 0.440 e. The summed E-state index contributed by atoms with van der Waals surface area (Å²) in [4.78, 5) is 36.3. The van der Waals surface area contributed by atoms with Crippen LogP contribution in [0, 0.1) is 0 Å². The van der Waals surface area contributed by atoms with Crippen LogP contribution in [-0.4, -0.2) is 40.3 Å². The van der Waals surface area contributed by atoms with Crippen LogP contribution in [0.2, 0.25) is 0 Å². The highest BCUT2D eigenvalue weighted by molar-refractivity contribution is 7.09. The van der Waals surface area contributed by atoms with Crippen molar-refractivity contribution < 1.29 is 24.0 Å². The van der Waals surface area contributed by atoms with Crippen molar-refractivity contribution in [3.8, 4) is 0 Å². The number of carbonyl (C=O) groups is 2. The number of hydrogen-bond acceptors (Lipinski definition) is 10. The highest BCUT2D eigenvalue weighted by Gasteiger charge is 2.23. The first-order valence-corrected chi connectivity index (χ1v) is 7.29. The first-order chi connectivity index (χ1) is 10.6. The number of ether oxygens (including phenoxy) is 1. The third-order valence-electron chi connectivity index (χ3n) is 2.09. The highest BCUT2D eigenvalue weighted by atomic mass is 32.1. The van der Waals surface area contributed by atoms with E-state index in [9.17, 15) is 9.59 Å². The molecule has 0 saturated heterocycles. The van der Waals surface area contributed by atoms with Crippen molar-refractivity contribution in [2.45, 2.75) is 26.7 Å². The minimum Gasteiger partial charge on any atom is -0.447 e. The van der Waals surface area contributed by atoms with Gasteiger partial charge in [-0.05, 0) is 13.3 Å². The van der Waals surface area contributed by atoms with E-state index in [4.69, 9.17) is 15.3 Å². The predicted octanol–water partition coefficient (Wildman–Crippen LogP) is 0.845. The zero-order valence-electron chi connectivity index (χ0n) is 12.2. The summed E-state index contributed by atoms with van der Waals surface area (Å²) in [6.45, 7) is 4.08. The Hall–Kier alpha value is -2.43. The lowest BCUT2D eigenvalue weighted by Gasteiger charge is -2.06. The zero-order chi connectivity index (χ0) is 16.4. The topological polar surface area (TPSA) is 138 Å². The minimum absolute atomic E-state index is 0.0536. The lowest BCUT2D eigenvalue weighted by molar-refractivity contribution is -0.141. The molecule has 0 aliphatic rings. The van der Waals surface area contributed by atoms with Gasteiger partial charge < -0.3 is 20.1 Å². The molecule has 0 aromatic carbocycles. The van der Waals surface area contributed by atoms with Crippen molar-refractivity contribution in [3.63, 3.8) is 0 Å². The van der Waals surface area contributed by atoms with Crippen LogP contribution >= 0.6 is 11.5 Å². The van der Waals surface area contributed by atoms with E-state index >= 15 is 0 Å². The summed E-state index contributed by atoms with van der Waals surface area (Å²) in [6, 6.07) is 0. The number of anilines is 1. The molecule has 122 valence electrons. The molecular formula is C11H17N5O5S. The van der Waals surface area contributed by atoms with Crippen molar-refractivity contribution >= 4 is 34.4 Å². The average molecular weight is 331 g/mol. The molecule has 1 aromatic rings. The van der Waals surface area contributed by atoms with Crippen molar-refractivity contribution in [2.24, 2.45) is 5.16 Å². The van der Waals surface area contributed by atoms with Gasteiger partial charge in [0.05, 0.1) is 6.61 Å². The van der Waals surface area contributed by atoms with Crippen LogP contribution in [0.15, 0.2) is 5.16 Å². The van der Waals surface area contributed by atoms with Crippen LogP contribution in [0.3, 0.4) is 0 Å². The number of amides is 1. The van der Waals surface area contributed by atoms with Gasteiger partial charge in [0, 0.05) is 11.5 Å². The third kappa shape index (κ3) is 5.91. The molecule has 3 N–H and O–H groups in total. The Balaban J connectivity index is 2.60. The molecule has 0 spiro atoms. The molecule has 10 nitrogen and oxygen atoms in total. The van der Waals surface area contributed by atoms with Gasteiger partial charge in [0.1, 0.15) is 6.61 Å².